The maximum atomic E-state index is 12.8. The van der Waals surface area contributed by atoms with Gasteiger partial charge in [-0.05, 0) is 24.6 Å². The van der Waals surface area contributed by atoms with Gasteiger partial charge in [-0.2, -0.15) is 0 Å². The predicted octanol–water partition coefficient (Wildman–Crippen LogP) is 3.87. The molecule has 0 spiro atoms. The summed E-state index contributed by atoms with van der Waals surface area (Å²) in [5.41, 5.74) is 2.39. The zero-order valence-corrected chi connectivity index (χ0v) is 17.5. The van der Waals surface area contributed by atoms with Crippen LogP contribution in [0.2, 0.25) is 0 Å². The summed E-state index contributed by atoms with van der Waals surface area (Å²) in [6.07, 6.45) is -0.201. The van der Waals surface area contributed by atoms with E-state index in [1.807, 2.05) is 37.3 Å². The minimum atomic E-state index is -0.713. The normalized spacial score (nSPS) is 20.4. The first-order chi connectivity index (χ1) is 14.7. The molecule has 0 radical (unpaired) electrons. The molecule has 0 saturated heterocycles. The van der Waals surface area contributed by atoms with Gasteiger partial charge in [0, 0.05) is 30.9 Å². The second-order valence-electron chi connectivity index (χ2n) is 7.63. The number of hydrogen-bond donors (Lipinski definition) is 1. The highest BCUT2D eigenvalue weighted by Gasteiger charge is 2.34. The van der Waals surface area contributed by atoms with Gasteiger partial charge in [0.1, 0.15) is 6.10 Å². The summed E-state index contributed by atoms with van der Waals surface area (Å²) in [6.45, 7) is 4.58. The molecule has 0 fully saturated rings. The van der Waals surface area contributed by atoms with Gasteiger partial charge in [-0.15, -0.1) is 11.3 Å². The van der Waals surface area contributed by atoms with E-state index in [0.29, 0.717) is 16.6 Å². The molecule has 7 heteroatoms. The standard InChI is InChI=1S/C23H23N3O3S/c1-15-21(29-19-10-6-5-9-18(19)28-15)22(27)25-23-24-17-11-12-26(14-20(17)30-23)13-16-7-3-2-4-8-16/h2-10,15,21H,11-14H2,1H3,(H,24,25,27)/t15-,21+/m0/s1. The second kappa shape index (κ2) is 8.08. The number of benzene rings is 2. The number of fused-ring (bicyclic) bond motifs is 2. The SMILES string of the molecule is C[C@@H]1Oc2ccccc2O[C@H]1C(=O)Nc1nc2c(s1)CN(Cc1ccccc1)CC2. The molecule has 0 unspecified atom stereocenters. The van der Waals surface area contributed by atoms with Crippen LogP contribution in [0.1, 0.15) is 23.1 Å². The topological polar surface area (TPSA) is 63.7 Å². The molecule has 30 heavy (non-hydrogen) atoms. The summed E-state index contributed by atoms with van der Waals surface area (Å²) in [6, 6.07) is 17.9. The number of ether oxygens (including phenoxy) is 2. The quantitative estimate of drug-likeness (QED) is 0.693. The third-order valence-electron chi connectivity index (χ3n) is 5.39. The number of rotatable bonds is 4. The van der Waals surface area contributed by atoms with Crippen molar-refractivity contribution < 1.29 is 14.3 Å². The number of nitrogens with zero attached hydrogens (tertiary/aromatic N) is 2. The van der Waals surface area contributed by atoms with Crippen molar-refractivity contribution in [2.45, 2.75) is 38.6 Å². The molecule has 154 valence electrons. The Hall–Kier alpha value is -2.90. The molecule has 0 bridgehead atoms. The first-order valence-electron chi connectivity index (χ1n) is 10.1. The first kappa shape index (κ1) is 19.1. The van der Waals surface area contributed by atoms with Gasteiger partial charge in [0.25, 0.3) is 5.91 Å². The summed E-state index contributed by atoms with van der Waals surface area (Å²) in [4.78, 5) is 21.1. The number of thiazole rings is 1. The highest BCUT2D eigenvalue weighted by molar-refractivity contribution is 7.15. The van der Waals surface area contributed by atoms with Gasteiger partial charge in [-0.3, -0.25) is 15.0 Å². The Kier molecular flexibility index (Phi) is 5.14. The maximum absolute atomic E-state index is 12.8. The van der Waals surface area contributed by atoms with E-state index in [-0.39, 0.29) is 12.0 Å². The lowest BCUT2D eigenvalue weighted by atomic mass is 10.1. The van der Waals surface area contributed by atoms with E-state index < -0.39 is 6.10 Å². The van der Waals surface area contributed by atoms with Gasteiger partial charge in [-0.25, -0.2) is 4.98 Å². The third kappa shape index (κ3) is 3.91. The average molecular weight is 422 g/mol. The summed E-state index contributed by atoms with van der Waals surface area (Å²) in [5.74, 6) is 1.02. The molecule has 2 aromatic carbocycles. The van der Waals surface area contributed by atoms with E-state index in [1.165, 1.54) is 10.4 Å². The average Bonchev–Trinajstić information content (AvgIpc) is 3.15. The number of amides is 1. The van der Waals surface area contributed by atoms with Crippen LogP contribution in [0.5, 0.6) is 11.5 Å². The van der Waals surface area contributed by atoms with Gasteiger partial charge >= 0.3 is 0 Å². The molecule has 0 aliphatic carbocycles. The molecule has 1 N–H and O–H groups in total. The van der Waals surface area contributed by atoms with Crippen LogP contribution in [0, 0.1) is 0 Å². The van der Waals surface area contributed by atoms with Crippen molar-refractivity contribution >= 4 is 22.4 Å². The van der Waals surface area contributed by atoms with Gasteiger partial charge in [-0.1, -0.05) is 42.5 Å². The smallest absolute Gasteiger partial charge is 0.271 e. The number of carbonyl (C=O) groups excluding carboxylic acids is 1. The molecule has 2 atom stereocenters. The summed E-state index contributed by atoms with van der Waals surface area (Å²) in [7, 11) is 0. The molecule has 1 aromatic heterocycles. The largest absolute Gasteiger partial charge is 0.482 e. The highest BCUT2D eigenvalue weighted by atomic mass is 32.1. The van der Waals surface area contributed by atoms with E-state index in [9.17, 15) is 4.79 Å². The monoisotopic (exact) mass is 421 g/mol. The molecule has 2 aliphatic heterocycles. The third-order valence-corrected chi connectivity index (χ3v) is 6.39. The molecule has 0 saturated carbocycles. The molecule has 5 rings (SSSR count). The minimum absolute atomic E-state index is 0.232. The van der Waals surface area contributed by atoms with Crippen LogP contribution < -0.4 is 14.8 Å². The number of carbonyl (C=O) groups is 1. The fourth-order valence-corrected chi connectivity index (χ4v) is 4.91. The fraction of sp³-hybridized carbons (Fsp3) is 0.304. The summed E-state index contributed by atoms with van der Waals surface area (Å²) < 4.78 is 11.7. The van der Waals surface area contributed by atoms with Crippen LogP contribution >= 0.6 is 11.3 Å². The number of anilines is 1. The van der Waals surface area contributed by atoms with Crippen LogP contribution in [0.4, 0.5) is 5.13 Å². The second-order valence-corrected chi connectivity index (χ2v) is 8.72. The fourth-order valence-electron chi connectivity index (χ4n) is 3.86. The van der Waals surface area contributed by atoms with E-state index in [0.717, 1.165) is 31.7 Å². The Morgan fingerprint density at radius 1 is 1.13 bits per heavy atom. The molecule has 3 aromatic rings. The Bertz CT molecular complexity index is 1050. The molecule has 2 aliphatic rings. The van der Waals surface area contributed by atoms with E-state index in [2.05, 4.69) is 39.5 Å². The van der Waals surface area contributed by atoms with Crippen LogP contribution in [0.15, 0.2) is 54.6 Å². The first-order valence-corrected chi connectivity index (χ1v) is 11.0. The number of para-hydroxylation sites is 2. The van der Waals surface area contributed by atoms with Crippen LogP contribution in [0.3, 0.4) is 0 Å². The van der Waals surface area contributed by atoms with Crippen molar-refractivity contribution in [2.24, 2.45) is 0 Å². The Morgan fingerprint density at radius 3 is 2.67 bits per heavy atom. The molecule has 6 nitrogen and oxygen atoms in total. The van der Waals surface area contributed by atoms with Crippen LogP contribution in [-0.2, 0) is 24.3 Å². The zero-order valence-electron chi connectivity index (χ0n) is 16.7. The van der Waals surface area contributed by atoms with Gasteiger partial charge < -0.3 is 9.47 Å². The lowest BCUT2D eigenvalue weighted by molar-refractivity contribution is -0.128. The van der Waals surface area contributed by atoms with Crippen molar-refractivity contribution in [2.75, 3.05) is 11.9 Å². The minimum Gasteiger partial charge on any atom is -0.482 e. The van der Waals surface area contributed by atoms with E-state index >= 15 is 0 Å². The van der Waals surface area contributed by atoms with Crippen LogP contribution in [0.25, 0.3) is 0 Å². The van der Waals surface area contributed by atoms with Gasteiger partial charge in [0.05, 0.1) is 5.69 Å². The Morgan fingerprint density at radius 2 is 1.87 bits per heavy atom. The maximum Gasteiger partial charge on any atom is 0.271 e. The van der Waals surface area contributed by atoms with Crippen molar-refractivity contribution in [3.8, 4) is 11.5 Å². The van der Waals surface area contributed by atoms with Crippen molar-refractivity contribution in [3.05, 3.63) is 70.7 Å². The lowest BCUT2D eigenvalue weighted by Crippen LogP contribution is -2.46. The highest BCUT2D eigenvalue weighted by Crippen LogP contribution is 2.34. The molecular formula is C23H23N3O3S. The molecule has 1 amide bonds. The van der Waals surface area contributed by atoms with Crippen molar-refractivity contribution in [1.82, 2.24) is 9.88 Å². The Balaban J connectivity index is 1.24. The number of nitrogens with one attached hydrogen (secondary N) is 1. The van der Waals surface area contributed by atoms with Crippen LogP contribution in [-0.4, -0.2) is 34.5 Å². The van der Waals surface area contributed by atoms with Crippen molar-refractivity contribution in [1.29, 1.82) is 0 Å². The predicted molar refractivity (Wildman–Crippen MR) is 116 cm³/mol. The zero-order chi connectivity index (χ0) is 20.5. The van der Waals surface area contributed by atoms with E-state index in [4.69, 9.17) is 9.47 Å². The summed E-state index contributed by atoms with van der Waals surface area (Å²) >= 11 is 1.55. The van der Waals surface area contributed by atoms with Gasteiger partial charge in [0.15, 0.2) is 16.6 Å². The number of aromatic nitrogens is 1. The Labute approximate surface area is 179 Å². The summed E-state index contributed by atoms with van der Waals surface area (Å²) in [5, 5.41) is 3.57. The molecule has 3 heterocycles. The lowest BCUT2D eigenvalue weighted by Gasteiger charge is -2.30. The molecular weight excluding hydrogens is 398 g/mol. The van der Waals surface area contributed by atoms with Gasteiger partial charge in [0.2, 0.25) is 6.10 Å². The number of hydrogen-bond acceptors (Lipinski definition) is 6. The van der Waals surface area contributed by atoms with E-state index in [1.54, 1.807) is 11.3 Å². The van der Waals surface area contributed by atoms with Crippen molar-refractivity contribution in [3.63, 3.8) is 0 Å².